The number of hydrogen-bond acceptors (Lipinski definition) is 8. The van der Waals surface area contributed by atoms with E-state index in [1.54, 1.807) is 37.3 Å². The molecule has 0 aromatic heterocycles. The van der Waals surface area contributed by atoms with E-state index in [0.29, 0.717) is 11.3 Å². The third-order valence-electron chi connectivity index (χ3n) is 4.88. The van der Waals surface area contributed by atoms with Crippen LogP contribution in [0.5, 0.6) is 5.75 Å². The number of aliphatic hydroxyl groups excluding tert-OH is 4. The number of aliphatic hydroxyl groups is 4. The molecule has 8 nitrogen and oxygen atoms in total. The number of esters is 1. The van der Waals surface area contributed by atoms with Crippen LogP contribution in [0.1, 0.15) is 15.9 Å². The van der Waals surface area contributed by atoms with E-state index in [4.69, 9.17) is 14.2 Å². The summed E-state index contributed by atoms with van der Waals surface area (Å²) in [7, 11) is 1.32. The van der Waals surface area contributed by atoms with Gasteiger partial charge in [-0.1, -0.05) is 18.2 Å². The first-order valence-electron chi connectivity index (χ1n) is 9.12. The molecule has 3 rings (SSSR count). The molecule has 1 aliphatic rings. The normalized spacial score (nSPS) is 26.8. The maximum atomic E-state index is 11.7. The quantitative estimate of drug-likeness (QED) is 0.535. The highest BCUT2D eigenvalue weighted by Crippen LogP contribution is 2.30. The number of methoxy groups -OCH3 is 1. The van der Waals surface area contributed by atoms with Crippen LogP contribution in [0.25, 0.3) is 11.1 Å². The van der Waals surface area contributed by atoms with Crippen molar-refractivity contribution in [1.29, 1.82) is 0 Å². The standard InChI is InChI=1S/C21H24O8/c1-11-8-13(12-4-3-5-14(9-12)20(26)27-2)6-7-15(11)28-21-19(25)18(24)17(23)16(10-22)29-21/h3-9,16-19,21-25H,10H2,1-2H3/t16-,17?,18?,19+,21+/m1/s1. The Labute approximate surface area is 167 Å². The van der Waals surface area contributed by atoms with Crippen LogP contribution in [-0.2, 0) is 9.47 Å². The van der Waals surface area contributed by atoms with Gasteiger partial charge in [0.05, 0.1) is 19.3 Å². The molecule has 4 N–H and O–H groups in total. The van der Waals surface area contributed by atoms with Gasteiger partial charge in [0, 0.05) is 0 Å². The predicted octanol–water partition coefficient (Wildman–Crippen LogP) is 0.627. The summed E-state index contributed by atoms with van der Waals surface area (Å²) >= 11 is 0. The Bertz CT molecular complexity index is 866. The number of carbonyl (C=O) groups excluding carboxylic acids is 1. The van der Waals surface area contributed by atoms with Crippen LogP contribution in [0.3, 0.4) is 0 Å². The number of rotatable bonds is 5. The summed E-state index contributed by atoms with van der Waals surface area (Å²) in [6.07, 6.45) is -6.73. The Hall–Kier alpha value is -2.49. The van der Waals surface area contributed by atoms with Gasteiger partial charge < -0.3 is 34.6 Å². The zero-order valence-corrected chi connectivity index (χ0v) is 16.1. The van der Waals surface area contributed by atoms with Crippen LogP contribution in [0.2, 0.25) is 0 Å². The van der Waals surface area contributed by atoms with Gasteiger partial charge in [-0.15, -0.1) is 0 Å². The van der Waals surface area contributed by atoms with Crippen molar-refractivity contribution in [3.8, 4) is 16.9 Å². The average molecular weight is 404 g/mol. The topological polar surface area (TPSA) is 126 Å². The highest BCUT2D eigenvalue weighted by Gasteiger charge is 2.44. The molecule has 1 fully saturated rings. The molecule has 0 spiro atoms. The molecule has 2 unspecified atom stereocenters. The van der Waals surface area contributed by atoms with Crippen molar-refractivity contribution < 1.29 is 39.4 Å². The minimum absolute atomic E-state index is 0.405. The summed E-state index contributed by atoms with van der Waals surface area (Å²) in [6.45, 7) is 1.27. The number of benzene rings is 2. The van der Waals surface area contributed by atoms with Crippen molar-refractivity contribution in [3.05, 3.63) is 53.6 Å². The first-order valence-corrected chi connectivity index (χ1v) is 9.12. The van der Waals surface area contributed by atoms with Gasteiger partial charge in [-0.3, -0.25) is 0 Å². The number of hydrogen-bond donors (Lipinski definition) is 4. The second-order valence-corrected chi connectivity index (χ2v) is 6.87. The van der Waals surface area contributed by atoms with Crippen molar-refractivity contribution >= 4 is 5.97 Å². The monoisotopic (exact) mass is 404 g/mol. The minimum atomic E-state index is -1.51. The van der Waals surface area contributed by atoms with Crippen molar-refractivity contribution in [2.24, 2.45) is 0 Å². The molecule has 1 heterocycles. The second kappa shape index (κ2) is 8.89. The molecule has 0 radical (unpaired) electrons. The van der Waals surface area contributed by atoms with Crippen molar-refractivity contribution in [2.45, 2.75) is 37.6 Å². The van der Waals surface area contributed by atoms with Crippen LogP contribution in [-0.4, -0.2) is 70.8 Å². The maximum absolute atomic E-state index is 11.7. The number of ether oxygens (including phenoxy) is 3. The molecule has 0 amide bonds. The lowest BCUT2D eigenvalue weighted by Crippen LogP contribution is -2.60. The molecule has 1 aliphatic heterocycles. The lowest BCUT2D eigenvalue weighted by atomic mass is 9.99. The fourth-order valence-electron chi connectivity index (χ4n) is 3.19. The highest BCUT2D eigenvalue weighted by molar-refractivity contribution is 5.91. The first kappa shape index (κ1) is 21.2. The Morgan fingerprint density at radius 2 is 1.76 bits per heavy atom. The van der Waals surface area contributed by atoms with E-state index in [-0.39, 0.29) is 0 Å². The Morgan fingerprint density at radius 3 is 2.41 bits per heavy atom. The van der Waals surface area contributed by atoms with Gasteiger partial charge >= 0.3 is 5.97 Å². The SMILES string of the molecule is COC(=O)c1cccc(-c2ccc(O[C@H]3O[C@H](CO)C(O)C(O)[C@@H]3O)c(C)c2)c1. The molecule has 0 bridgehead atoms. The second-order valence-electron chi connectivity index (χ2n) is 6.87. The lowest BCUT2D eigenvalue weighted by Gasteiger charge is -2.39. The largest absolute Gasteiger partial charge is 0.465 e. The summed E-state index contributed by atoms with van der Waals surface area (Å²) in [5.74, 6) is -0.0201. The van der Waals surface area contributed by atoms with Gasteiger partial charge in [-0.05, 0) is 47.9 Å². The van der Waals surface area contributed by atoms with Crippen LogP contribution in [0.4, 0.5) is 0 Å². The van der Waals surface area contributed by atoms with E-state index in [2.05, 4.69) is 0 Å². The van der Waals surface area contributed by atoms with Crippen molar-refractivity contribution in [2.75, 3.05) is 13.7 Å². The van der Waals surface area contributed by atoms with Gasteiger partial charge in [-0.2, -0.15) is 0 Å². The zero-order chi connectivity index (χ0) is 21.1. The summed E-state index contributed by atoms with van der Waals surface area (Å²) < 4.78 is 15.8. The van der Waals surface area contributed by atoms with Crippen LogP contribution in [0.15, 0.2) is 42.5 Å². The van der Waals surface area contributed by atoms with Crippen molar-refractivity contribution in [3.63, 3.8) is 0 Å². The van der Waals surface area contributed by atoms with Crippen LogP contribution in [0, 0.1) is 6.92 Å². The number of carbonyl (C=O) groups is 1. The summed E-state index contributed by atoms with van der Waals surface area (Å²) in [5, 5.41) is 39.2. The molecule has 0 saturated carbocycles. The summed E-state index contributed by atoms with van der Waals surface area (Å²) in [4.78, 5) is 11.7. The predicted molar refractivity (Wildman–Crippen MR) is 102 cm³/mol. The molecular formula is C21H24O8. The molecule has 29 heavy (non-hydrogen) atoms. The Kier molecular flexibility index (Phi) is 6.51. The maximum Gasteiger partial charge on any atom is 0.337 e. The minimum Gasteiger partial charge on any atom is -0.465 e. The molecular weight excluding hydrogens is 380 g/mol. The van der Waals surface area contributed by atoms with Crippen LogP contribution >= 0.6 is 0 Å². The fourth-order valence-corrected chi connectivity index (χ4v) is 3.19. The summed E-state index contributed by atoms with van der Waals surface area (Å²) in [5.41, 5.74) is 2.82. The molecule has 1 saturated heterocycles. The molecule has 8 heteroatoms. The summed E-state index contributed by atoms with van der Waals surface area (Å²) in [6, 6.07) is 12.3. The molecule has 5 atom stereocenters. The first-order chi connectivity index (χ1) is 13.8. The third kappa shape index (κ3) is 4.42. The smallest absolute Gasteiger partial charge is 0.337 e. The molecule has 2 aromatic carbocycles. The van der Waals surface area contributed by atoms with E-state index in [9.17, 15) is 25.2 Å². The van der Waals surface area contributed by atoms with E-state index in [0.717, 1.165) is 16.7 Å². The van der Waals surface area contributed by atoms with Gasteiger partial charge in [0.25, 0.3) is 0 Å². The Balaban J connectivity index is 1.81. The fraction of sp³-hybridized carbons (Fsp3) is 0.381. The highest BCUT2D eigenvalue weighted by atomic mass is 16.7. The molecule has 156 valence electrons. The van der Waals surface area contributed by atoms with E-state index in [1.807, 2.05) is 12.1 Å². The van der Waals surface area contributed by atoms with Gasteiger partial charge in [-0.25, -0.2) is 4.79 Å². The van der Waals surface area contributed by atoms with E-state index in [1.165, 1.54) is 7.11 Å². The van der Waals surface area contributed by atoms with Crippen LogP contribution < -0.4 is 4.74 Å². The van der Waals surface area contributed by atoms with Crippen molar-refractivity contribution in [1.82, 2.24) is 0 Å². The Morgan fingerprint density at radius 1 is 1.03 bits per heavy atom. The van der Waals surface area contributed by atoms with Gasteiger partial charge in [0.15, 0.2) is 0 Å². The average Bonchev–Trinajstić information content (AvgIpc) is 2.74. The molecule has 0 aliphatic carbocycles. The van der Waals surface area contributed by atoms with E-state index < -0.39 is 43.3 Å². The lowest BCUT2D eigenvalue weighted by molar-refractivity contribution is -0.277. The van der Waals surface area contributed by atoms with Gasteiger partial charge in [0.2, 0.25) is 6.29 Å². The zero-order valence-electron chi connectivity index (χ0n) is 16.1. The molecule has 2 aromatic rings. The third-order valence-corrected chi connectivity index (χ3v) is 4.88. The van der Waals surface area contributed by atoms with E-state index >= 15 is 0 Å². The van der Waals surface area contributed by atoms with Gasteiger partial charge in [0.1, 0.15) is 30.2 Å². The number of aryl methyl sites for hydroxylation is 1.